The molecule has 2 heterocycles. The number of hydrogen-bond acceptors (Lipinski definition) is 5. The van der Waals surface area contributed by atoms with Crippen molar-refractivity contribution in [3.63, 3.8) is 0 Å². The van der Waals surface area contributed by atoms with Crippen LogP contribution in [0.2, 0.25) is 0 Å². The molecule has 0 bridgehead atoms. The predicted molar refractivity (Wildman–Crippen MR) is 89.8 cm³/mol. The maximum absolute atomic E-state index is 12.0. The van der Waals surface area contributed by atoms with Crippen LogP contribution >= 0.6 is 24.0 Å². The Morgan fingerprint density at radius 3 is 2.77 bits per heavy atom. The second-order valence-corrected chi connectivity index (χ2v) is 6.28. The van der Waals surface area contributed by atoms with Crippen LogP contribution in [0.15, 0.2) is 45.7 Å². The summed E-state index contributed by atoms with van der Waals surface area (Å²) in [6, 6.07) is 12.9. The Balaban J connectivity index is 1.94. The lowest BCUT2D eigenvalue weighted by atomic mass is 10.1. The summed E-state index contributed by atoms with van der Waals surface area (Å²) < 4.78 is 6.26. The third-order valence-electron chi connectivity index (χ3n) is 3.20. The Morgan fingerprint density at radius 1 is 1.32 bits per heavy atom. The van der Waals surface area contributed by atoms with Crippen molar-refractivity contribution in [2.45, 2.75) is 0 Å². The smallest absolute Gasteiger partial charge is 0.266 e. The average molecular weight is 326 g/mol. The normalized spacial score (nSPS) is 16.4. The summed E-state index contributed by atoms with van der Waals surface area (Å²) in [4.78, 5) is 13.9. The van der Waals surface area contributed by atoms with Gasteiger partial charge in [0.15, 0.2) is 0 Å². The standard InChI is InChI=1S/C16H10N2O2S2/c1-18-15(19)14(22-16(18)21)8-11-6-7-13(20-11)12-5-3-2-4-10(12)9-17/h2-8H,1H3/b14-8+. The number of amides is 1. The monoisotopic (exact) mass is 326 g/mol. The van der Waals surface area contributed by atoms with Gasteiger partial charge in [0.25, 0.3) is 5.91 Å². The second-order valence-electron chi connectivity index (χ2n) is 4.60. The Kier molecular flexibility index (Phi) is 3.84. The lowest BCUT2D eigenvalue weighted by molar-refractivity contribution is -0.121. The van der Waals surface area contributed by atoms with Gasteiger partial charge in [0.05, 0.1) is 16.5 Å². The first-order chi connectivity index (χ1) is 10.6. The number of rotatable bonds is 2. The first-order valence-electron chi connectivity index (χ1n) is 6.41. The van der Waals surface area contributed by atoms with Gasteiger partial charge in [-0.2, -0.15) is 5.26 Å². The minimum atomic E-state index is -0.134. The van der Waals surface area contributed by atoms with Crippen molar-refractivity contribution in [3.05, 3.63) is 52.6 Å². The van der Waals surface area contributed by atoms with E-state index in [1.807, 2.05) is 12.1 Å². The fourth-order valence-electron chi connectivity index (χ4n) is 2.05. The van der Waals surface area contributed by atoms with Crippen molar-refractivity contribution in [1.82, 2.24) is 4.90 Å². The Labute approximate surface area is 137 Å². The van der Waals surface area contributed by atoms with Crippen LogP contribution in [0.3, 0.4) is 0 Å². The molecule has 4 nitrogen and oxygen atoms in total. The summed E-state index contributed by atoms with van der Waals surface area (Å²) >= 11 is 6.33. The van der Waals surface area contributed by atoms with E-state index < -0.39 is 0 Å². The Hall–Kier alpha value is -2.36. The van der Waals surface area contributed by atoms with E-state index in [2.05, 4.69) is 6.07 Å². The average Bonchev–Trinajstić information content (AvgIpc) is 3.09. The molecule has 2 aromatic rings. The summed E-state index contributed by atoms with van der Waals surface area (Å²) in [5.74, 6) is 1.01. The number of nitriles is 1. The van der Waals surface area contributed by atoms with Crippen molar-refractivity contribution in [2.24, 2.45) is 0 Å². The van der Waals surface area contributed by atoms with Gasteiger partial charge in [-0.25, -0.2) is 0 Å². The van der Waals surface area contributed by atoms with Gasteiger partial charge < -0.3 is 4.42 Å². The number of furan rings is 1. The van der Waals surface area contributed by atoms with Crippen LogP contribution in [0.25, 0.3) is 17.4 Å². The molecular weight excluding hydrogens is 316 g/mol. The molecule has 0 saturated carbocycles. The first kappa shape index (κ1) is 14.6. The molecule has 0 spiro atoms. The summed E-state index contributed by atoms with van der Waals surface area (Å²) in [7, 11) is 1.65. The molecule has 22 heavy (non-hydrogen) atoms. The molecule has 1 aliphatic rings. The number of nitrogens with zero attached hydrogens (tertiary/aromatic N) is 2. The van der Waals surface area contributed by atoms with Crippen LogP contribution in [0.4, 0.5) is 0 Å². The van der Waals surface area contributed by atoms with Crippen molar-refractivity contribution in [2.75, 3.05) is 7.05 Å². The van der Waals surface area contributed by atoms with Crippen molar-refractivity contribution >= 4 is 40.3 Å². The third-order valence-corrected chi connectivity index (χ3v) is 4.68. The number of carbonyl (C=O) groups is 1. The quantitative estimate of drug-likeness (QED) is 0.623. The highest BCUT2D eigenvalue weighted by Crippen LogP contribution is 2.33. The topological polar surface area (TPSA) is 57.2 Å². The zero-order valence-electron chi connectivity index (χ0n) is 11.6. The summed E-state index contributed by atoms with van der Waals surface area (Å²) in [6.07, 6.45) is 1.67. The van der Waals surface area contributed by atoms with Gasteiger partial charge in [0.2, 0.25) is 0 Å². The molecule has 0 aliphatic carbocycles. The molecule has 0 N–H and O–H groups in total. The zero-order valence-corrected chi connectivity index (χ0v) is 13.2. The molecule has 0 radical (unpaired) electrons. The van der Waals surface area contributed by atoms with Crippen molar-refractivity contribution < 1.29 is 9.21 Å². The molecule has 1 fully saturated rings. The number of carbonyl (C=O) groups excluding carboxylic acids is 1. The first-order valence-corrected chi connectivity index (χ1v) is 7.63. The second kappa shape index (κ2) is 5.79. The Bertz CT molecular complexity index is 846. The van der Waals surface area contributed by atoms with Gasteiger partial charge in [-0.15, -0.1) is 0 Å². The van der Waals surface area contributed by atoms with Gasteiger partial charge in [-0.05, 0) is 24.3 Å². The van der Waals surface area contributed by atoms with Gasteiger partial charge in [0.1, 0.15) is 15.8 Å². The molecule has 1 saturated heterocycles. The predicted octanol–water partition coefficient (Wildman–Crippen LogP) is 3.65. The van der Waals surface area contributed by atoms with Gasteiger partial charge in [0, 0.05) is 18.7 Å². The van der Waals surface area contributed by atoms with Crippen LogP contribution in [0.5, 0.6) is 0 Å². The SMILES string of the molecule is CN1C(=O)/C(=C\c2ccc(-c3ccccc3C#N)o2)SC1=S. The highest BCUT2D eigenvalue weighted by molar-refractivity contribution is 8.26. The van der Waals surface area contributed by atoms with E-state index in [9.17, 15) is 4.79 Å². The van der Waals surface area contributed by atoms with Crippen LogP contribution in [-0.4, -0.2) is 22.2 Å². The van der Waals surface area contributed by atoms with Crippen LogP contribution < -0.4 is 0 Å². The minimum absolute atomic E-state index is 0.134. The van der Waals surface area contributed by atoms with Gasteiger partial charge in [-0.1, -0.05) is 36.1 Å². The molecule has 1 aliphatic heterocycles. The number of likely N-dealkylation sites (N-methyl/N-ethyl adjacent to an activating group) is 1. The summed E-state index contributed by atoms with van der Waals surface area (Å²) in [6.45, 7) is 0. The van der Waals surface area contributed by atoms with E-state index in [0.29, 0.717) is 26.3 Å². The van der Waals surface area contributed by atoms with E-state index in [1.54, 1.807) is 37.4 Å². The molecular formula is C16H10N2O2S2. The number of thiocarbonyl (C=S) groups is 1. The molecule has 1 aromatic heterocycles. The van der Waals surface area contributed by atoms with E-state index in [1.165, 1.54) is 16.7 Å². The highest BCUT2D eigenvalue weighted by Gasteiger charge is 2.29. The lowest BCUT2D eigenvalue weighted by Gasteiger charge is -2.03. The fraction of sp³-hybridized carbons (Fsp3) is 0.0625. The van der Waals surface area contributed by atoms with Crippen molar-refractivity contribution in [3.8, 4) is 17.4 Å². The maximum Gasteiger partial charge on any atom is 0.266 e. The zero-order chi connectivity index (χ0) is 15.7. The number of hydrogen-bond donors (Lipinski definition) is 0. The van der Waals surface area contributed by atoms with Crippen LogP contribution in [-0.2, 0) is 4.79 Å². The number of benzene rings is 1. The molecule has 1 amide bonds. The highest BCUT2D eigenvalue weighted by atomic mass is 32.2. The van der Waals surface area contributed by atoms with Gasteiger partial charge >= 0.3 is 0 Å². The third kappa shape index (κ3) is 2.56. The van der Waals surface area contributed by atoms with E-state index >= 15 is 0 Å². The van der Waals surface area contributed by atoms with Crippen LogP contribution in [0, 0.1) is 11.3 Å². The lowest BCUT2D eigenvalue weighted by Crippen LogP contribution is -2.22. The van der Waals surface area contributed by atoms with E-state index in [4.69, 9.17) is 21.9 Å². The largest absolute Gasteiger partial charge is 0.457 e. The van der Waals surface area contributed by atoms with Gasteiger partial charge in [-0.3, -0.25) is 9.69 Å². The molecule has 6 heteroatoms. The molecule has 0 atom stereocenters. The van der Waals surface area contributed by atoms with Crippen LogP contribution in [0.1, 0.15) is 11.3 Å². The molecule has 108 valence electrons. The summed E-state index contributed by atoms with van der Waals surface area (Å²) in [5.41, 5.74) is 1.27. The van der Waals surface area contributed by atoms with E-state index in [-0.39, 0.29) is 5.91 Å². The maximum atomic E-state index is 12.0. The fourth-order valence-corrected chi connectivity index (χ4v) is 3.20. The molecule has 0 unspecified atom stereocenters. The summed E-state index contributed by atoms with van der Waals surface area (Å²) in [5, 5.41) is 9.14. The van der Waals surface area contributed by atoms with E-state index in [0.717, 1.165) is 5.56 Å². The molecule has 3 rings (SSSR count). The molecule has 1 aromatic carbocycles. The Morgan fingerprint density at radius 2 is 2.09 bits per heavy atom. The van der Waals surface area contributed by atoms with Crippen molar-refractivity contribution in [1.29, 1.82) is 5.26 Å². The minimum Gasteiger partial charge on any atom is -0.457 e. The number of thioether (sulfide) groups is 1.